The Kier molecular flexibility index (Phi) is 6.00. The number of likely N-dealkylation sites (N-methyl/N-ethyl adjacent to an activating group) is 1. The summed E-state index contributed by atoms with van der Waals surface area (Å²) in [4.78, 5) is 9.64. The van der Waals surface area contributed by atoms with Crippen LogP contribution in [0.1, 0.15) is 33.3 Å². The van der Waals surface area contributed by atoms with Crippen molar-refractivity contribution in [3.63, 3.8) is 0 Å². The van der Waals surface area contributed by atoms with E-state index in [0.29, 0.717) is 12.0 Å². The highest BCUT2D eigenvalue weighted by atomic mass is 15.3. The van der Waals surface area contributed by atoms with E-state index < -0.39 is 0 Å². The number of piperazine rings is 1. The molecular formula is C17H30N4. The summed E-state index contributed by atoms with van der Waals surface area (Å²) in [5, 5.41) is 3.53. The van der Waals surface area contributed by atoms with Crippen molar-refractivity contribution in [1.82, 2.24) is 15.2 Å². The monoisotopic (exact) mass is 290 g/mol. The van der Waals surface area contributed by atoms with Gasteiger partial charge in [-0.05, 0) is 32.0 Å². The van der Waals surface area contributed by atoms with Crippen molar-refractivity contribution in [1.29, 1.82) is 0 Å². The van der Waals surface area contributed by atoms with Gasteiger partial charge in [0, 0.05) is 44.0 Å². The highest BCUT2D eigenvalue weighted by Crippen LogP contribution is 2.21. The number of hydrogen-bond acceptors (Lipinski definition) is 4. The molecule has 1 saturated heterocycles. The standard InChI is InChI=1S/C17H30N4/c1-5-20-9-10-21(13-15(20)4)17-16(7-6-8-19-17)12-18-11-14(2)3/h6-8,14-15,18H,5,9-13H2,1-4H3. The van der Waals surface area contributed by atoms with Gasteiger partial charge in [0.2, 0.25) is 0 Å². The normalized spacial score (nSPS) is 20.2. The fraction of sp³-hybridized carbons (Fsp3) is 0.706. The second kappa shape index (κ2) is 7.76. The van der Waals surface area contributed by atoms with Gasteiger partial charge in [0.15, 0.2) is 0 Å². The Morgan fingerprint density at radius 1 is 1.38 bits per heavy atom. The van der Waals surface area contributed by atoms with Crippen LogP contribution < -0.4 is 10.2 Å². The molecular weight excluding hydrogens is 260 g/mol. The molecule has 1 aliphatic rings. The van der Waals surface area contributed by atoms with Crippen LogP contribution in [0.2, 0.25) is 0 Å². The van der Waals surface area contributed by atoms with Crippen molar-refractivity contribution in [2.45, 2.75) is 40.3 Å². The number of nitrogens with one attached hydrogen (secondary N) is 1. The zero-order valence-corrected chi connectivity index (χ0v) is 14.0. The van der Waals surface area contributed by atoms with Crippen LogP contribution in [0.3, 0.4) is 0 Å². The first-order chi connectivity index (χ1) is 10.1. The number of pyridine rings is 1. The van der Waals surface area contributed by atoms with E-state index in [1.54, 1.807) is 0 Å². The molecule has 0 saturated carbocycles. The first kappa shape index (κ1) is 16.2. The molecule has 1 unspecified atom stereocenters. The van der Waals surface area contributed by atoms with Crippen molar-refractivity contribution in [3.8, 4) is 0 Å². The number of aromatic nitrogens is 1. The second-order valence-corrected chi connectivity index (χ2v) is 6.43. The van der Waals surface area contributed by atoms with Gasteiger partial charge in [-0.3, -0.25) is 4.90 Å². The quantitative estimate of drug-likeness (QED) is 0.871. The van der Waals surface area contributed by atoms with E-state index in [4.69, 9.17) is 0 Å². The van der Waals surface area contributed by atoms with Crippen LogP contribution in [0.5, 0.6) is 0 Å². The van der Waals surface area contributed by atoms with Gasteiger partial charge in [0.25, 0.3) is 0 Å². The summed E-state index contributed by atoms with van der Waals surface area (Å²) in [6.45, 7) is 15.4. The Labute approximate surface area is 129 Å². The summed E-state index contributed by atoms with van der Waals surface area (Å²) in [6, 6.07) is 4.84. The smallest absolute Gasteiger partial charge is 0.133 e. The van der Waals surface area contributed by atoms with Crippen LogP contribution in [0, 0.1) is 5.92 Å². The van der Waals surface area contributed by atoms with Gasteiger partial charge < -0.3 is 10.2 Å². The third-order valence-corrected chi connectivity index (χ3v) is 4.21. The van der Waals surface area contributed by atoms with Crippen molar-refractivity contribution in [2.75, 3.05) is 37.6 Å². The molecule has 1 N–H and O–H groups in total. The van der Waals surface area contributed by atoms with E-state index in [-0.39, 0.29) is 0 Å². The van der Waals surface area contributed by atoms with E-state index in [9.17, 15) is 0 Å². The average Bonchev–Trinajstić information content (AvgIpc) is 2.47. The molecule has 4 nitrogen and oxygen atoms in total. The maximum atomic E-state index is 4.65. The van der Waals surface area contributed by atoms with Crippen molar-refractivity contribution >= 4 is 5.82 Å². The molecule has 1 aromatic rings. The lowest BCUT2D eigenvalue weighted by atomic mass is 10.1. The average molecular weight is 290 g/mol. The molecule has 0 aromatic carbocycles. The maximum absolute atomic E-state index is 4.65. The highest BCUT2D eigenvalue weighted by Gasteiger charge is 2.24. The molecule has 1 atom stereocenters. The SMILES string of the molecule is CCN1CCN(c2ncccc2CNCC(C)C)CC1C. The molecule has 0 spiro atoms. The Bertz CT molecular complexity index is 433. The Balaban J connectivity index is 2.02. The van der Waals surface area contributed by atoms with Crippen LogP contribution >= 0.6 is 0 Å². The minimum atomic E-state index is 0.599. The molecule has 1 aromatic heterocycles. The number of rotatable bonds is 6. The molecule has 4 heteroatoms. The first-order valence-corrected chi connectivity index (χ1v) is 8.25. The lowest BCUT2D eigenvalue weighted by molar-refractivity contribution is 0.199. The van der Waals surface area contributed by atoms with E-state index in [1.165, 1.54) is 5.56 Å². The summed E-state index contributed by atoms with van der Waals surface area (Å²) in [7, 11) is 0. The minimum absolute atomic E-state index is 0.599. The summed E-state index contributed by atoms with van der Waals surface area (Å²) >= 11 is 0. The fourth-order valence-electron chi connectivity index (χ4n) is 3.01. The number of hydrogen-bond donors (Lipinski definition) is 1. The Morgan fingerprint density at radius 3 is 2.86 bits per heavy atom. The van der Waals surface area contributed by atoms with E-state index in [2.05, 4.69) is 53.9 Å². The molecule has 118 valence electrons. The van der Waals surface area contributed by atoms with Crippen LogP contribution in [0.15, 0.2) is 18.3 Å². The van der Waals surface area contributed by atoms with Gasteiger partial charge in [0.1, 0.15) is 5.82 Å². The molecule has 2 heterocycles. The lowest BCUT2D eigenvalue weighted by Crippen LogP contribution is -2.52. The zero-order chi connectivity index (χ0) is 15.2. The minimum Gasteiger partial charge on any atom is -0.354 e. The van der Waals surface area contributed by atoms with Gasteiger partial charge in [-0.25, -0.2) is 4.98 Å². The van der Waals surface area contributed by atoms with E-state index in [0.717, 1.165) is 45.1 Å². The van der Waals surface area contributed by atoms with Crippen molar-refractivity contribution in [2.24, 2.45) is 5.92 Å². The van der Waals surface area contributed by atoms with Gasteiger partial charge in [-0.15, -0.1) is 0 Å². The van der Waals surface area contributed by atoms with Gasteiger partial charge in [-0.2, -0.15) is 0 Å². The third kappa shape index (κ3) is 4.42. The number of nitrogens with zero attached hydrogens (tertiary/aromatic N) is 3. The summed E-state index contributed by atoms with van der Waals surface area (Å²) in [5.74, 6) is 1.84. The highest BCUT2D eigenvalue weighted by molar-refractivity contribution is 5.47. The summed E-state index contributed by atoms with van der Waals surface area (Å²) in [6.07, 6.45) is 1.91. The molecule has 0 bridgehead atoms. The Hall–Kier alpha value is -1.13. The van der Waals surface area contributed by atoms with E-state index >= 15 is 0 Å². The van der Waals surface area contributed by atoms with Gasteiger partial charge in [0.05, 0.1) is 0 Å². The molecule has 1 fully saturated rings. The van der Waals surface area contributed by atoms with Crippen LogP contribution in [0.25, 0.3) is 0 Å². The maximum Gasteiger partial charge on any atom is 0.133 e. The molecule has 0 amide bonds. The summed E-state index contributed by atoms with van der Waals surface area (Å²) in [5.41, 5.74) is 1.32. The fourth-order valence-corrected chi connectivity index (χ4v) is 3.01. The lowest BCUT2D eigenvalue weighted by Gasteiger charge is -2.40. The predicted molar refractivity (Wildman–Crippen MR) is 89.7 cm³/mol. The van der Waals surface area contributed by atoms with Crippen LogP contribution in [-0.2, 0) is 6.54 Å². The third-order valence-electron chi connectivity index (χ3n) is 4.21. The van der Waals surface area contributed by atoms with Gasteiger partial charge >= 0.3 is 0 Å². The van der Waals surface area contributed by atoms with E-state index in [1.807, 2.05) is 12.3 Å². The molecule has 0 radical (unpaired) electrons. The molecule has 1 aliphatic heterocycles. The largest absolute Gasteiger partial charge is 0.354 e. The van der Waals surface area contributed by atoms with Crippen LogP contribution in [-0.4, -0.2) is 48.6 Å². The number of anilines is 1. The molecule has 21 heavy (non-hydrogen) atoms. The van der Waals surface area contributed by atoms with Crippen molar-refractivity contribution in [3.05, 3.63) is 23.9 Å². The Morgan fingerprint density at radius 2 is 2.19 bits per heavy atom. The van der Waals surface area contributed by atoms with Crippen molar-refractivity contribution < 1.29 is 0 Å². The molecule has 0 aliphatic carbocycles. The second-order valence-electron chi connectivity index (χ2n) is 6.43. The zero-order valence-electron chi connectivity index (χ0n) is 14.0. The predicted octanol–water partition coefficient (Wildman–Crippen LogP) is 2.36. The van der Waals surface area contributed by atoms with Crippen LogP contribution in [0.4, 0.5) is 5.82 Å². The molecule has 2 rings (SSSR count). The first-order valence-electron chi connectivity index (χ1n) is 8.25. The summed E-state index contributed by atoms with van der Waals surface area (Å²) < 4.78 is 0. The topological polar surface area (TPSA) is 31.4 Å². The van der Waals surface area contributed by atoms with Gasteiger partial charge in [-0.1, -0.05) is 26.8 Å².